The summed E-state index contributed by atoms with van der Waals surface area (Å²) in [5.74, 6) is 1.22. The minimum atomic E-state index is -0.201. The van der Waals surface area contributed by atoms with Crippen molar-refractivity contribution in [1.82, 2.24) is 9.80 Å². The SMILES string of the molecule is CCCOc1cccc(-c2ccc(C(CN3CCCC3)N(C)C(=O)CN3C(=O)COc4cc(C)c(C)cc43)cc2)c1. The van der Waals surface area contributed by atoms with Crippen LogP contribution in [0.5, 0.6) is 11.5 Å². The van der Waals surface area contributed by atoms with Crippen molar-refractivity contribution < 1.29 is 19.1 Å². The Labute approximate surface area is 243 Å². The molecule has 3 aromatic carbocycles. The fraction of sp³-hybridized carbons (Fsp3) is 0.412. The number of anilines is 1. The molecule has 0 bridgehead atoms. The number of hydrogen-bond donors (Lipinski definition) is 0. The standard InChI is InChI=1S/C34H41N3O4/c1-5-17-40-29-10-8-9-28(20-29)26-11-13-27(14-12-26)31(21-36-15-6-7-16-36)35(4)33(38)22-37-30-18-24(2)25(3)19-32(30)41-23-34(37)39/h8-14,18-20,31H,5-7,15-17,21-23H2,1-4H3. The van der Waals surface area contributed by atoms with Gasteiger partial charge in [-0.1, -0.05) is 43.3 Å². The summed E-state index contributed by atoms with van der Waals surface area (Å²) in [7, 11) is 1.86. The van der Waals surface area contributed by atoms with Gasteiger partial charge in [0.15, 0.2) is 6.61 Å². The Morgan fingerprint density at radius 2 is 1.73 bits per heavy atom. The van der Waals surface area contributed by atoms with Crippen LogP contribution in [-0.4, -0.2) is 68.1 Å². The average molecular weight is 556 g/mol. The van der Waals surface area contributed by atoms with Gasteiger partial charge in [0.05, 0.1) is 18.3 Å². The molecule has 2 amide bonds. The van der Waals surface area contributed by atoms with Crippen LogP contribution in [0.1, 0.15) is 48.9 Å². The Morgan fingerprint density at radius 3 is 2.46 bits per heavy atom. The molecule has 7 heteroatoms. The number of hydrogen-bond acceptors (Lipinski definition) is 5. The topological polar surface area (TPSA) is 62.3 Å². The Morgan fingerprint density at radius 1 is 1.00 bits per heavy atom. The maximum absolute atomic E-state index is 13.8. The van der Waals surface area contributed by atoms with Crippen LogP contribution in [0.2, 0.25) is 0 Å². The molecule has 0 saturated carbocycles. The fourth-order valence-electron chi connectivity index (χ4n) is 5.59. The summed E-state index contributed by atoms with van der Waals surface area (Å²) in [5.41, 5.74) is 6.09. The molecule has 41 heavy (non-hydrogen) atoms. The minimum Gasteiger partial charge on any atom is -0.494 e. The smallest absolute Gasteiger partial charge is 0.265 e. The maximum Gasteiger partial charge on any atom is 0.265 e. The van der Waals surface area contributed by atoms with Crippen molar-refractivity contribution in [3.63, 3.8) is 0 Å². The van der Waals surface area contributed by atoms with E-state index in [1.807, 2.05) is 50.1 Å². The molecule has 3 aromatic rings. The van der Waals surface area contributed by atoms with Crippen LogP contribution in [-0.2, 0) is 9.59 Å². The van der Waals surface area contributed by atoms with Crippen molar-refractivity contribution >= 4 is 17.5 Å². The summed E-state index contributed by atoms with van der Waals surface area (Å²) in [6.07, 6.45) is 3.32. The quantitative estimate of drug-likeness (QED) is 0.317. The summed E-state index contributed by atoms with van der Waals surface area (Å²) in [4.78, 5) is 32.5. The van der Waals surface area contributed by atoms with Gasteiger partial charge in [0.1, 0.15) is 18.0 Å². The molecule has 1 saturated heterocycles. The highest BCUT2D eigenvalue weighted by atomic mass is 16.5. The van der Waals surface area contributed by atoms with Gasteiger partial charge >= 0.3 is 0 Å². The normalized spacial score (nSPS) is 15.8. The fourth-order valence-corrected chi connectivity index (χ4v) is 5.59. The number of benzene rings is 3. The van der Waals surface area contributed by atoms with E-state index < -0.39 is 0 Å². The molecule has 0 spiro atoms. The van der Waals surface area contributed by atoms with Crippen LogP contribution >= 0.6 is 0 Å². The maximum atomic E-state index is 13.8. The van der Waals surface area contributed by atoms with E-state index in [2.05, 4.69) is 48.2 Å². The largest absolute Gasteiger partial charge is 0.494 e. The molecule has 1 fully saturated rings. The molecule has 1 atom stereocenters. The van der Waals surface area contributed by atoms with Crippen molar-refractivity contribution in [2.75, 3.05) is 51.3 Å². The third kappa shape index (κ3) is 6.57. The van der Waals surface area contributed by atoms with Gasteiger partial charge in [-0.15, -0.1) is 0 Å². The number of likely N-dealkylation sites (N-methyl/N-ethyl adjacent to an activating group) is 1. The zero-order valence-corrected chi connectivity index (χ0v) is 24.7. The number of carbonyl (C=O) groups excluding carboxylic acids is 2. The van der Waals surface area contributed by atoms with E-state index >= 15 is 0 Å². The number of rotatable bonds is 10. The Hall–Kier alpha value is -3.84. The van der Waals surface area contributed by atoms with Crippen LogP contribution in [0, 0.1) is 13.8 Å². The molecule has 0 aliphatic carbocycles. The van der Waals surface area contributed by atoms with Gasteiger partial charge in [0.2, 0.25) is 5.91 Å². The van der Waals surface area contributed by atoms with E-state index in [-0.39, 0.29) is 31.0 Å². The first-order valence-corrected chi connectivity index (χ1v) is 14.7. The molecule has 2 aliphatic heterocycles. The predicted molar refractivity (Wildman–Crippen MR) is 163 cm³/mol. The number of carbonyl (C=O) groups is 2. The van der Waals surface area contributed by atoms with Gasteiger partial charge < -0.3 is 19.3 Å². The Bertz CT molecular complexity index is 1380. The summed E-state index contributed by atoms with van der Waals surface area (Å²) < 4.78 is 11.5. The monoisotopic (exact) mass is 555 g/mol. The lowest BCUT2D eigenvalue weighted by Crippen LogP contribution is -2.47. The van der Waals surface area contributed by atoms with Gasteiger partial charge in [0.25, 0.3) is 5.91 Å². The molecular weight excluding hydrogens is 514 g/mol. The molecular formula is C34H41N3O4. The van der Waals surface area contributed by atoms with Crippen LogP contribution in [0.3, 0.4) is 0 Å². The Kier molecular flexibility index (Phi) is 8.93. The number of amides is 2. The van der Waals surface area contributed by atoms with Gasteiger partial charge in [-0.3, -0.25) is 14.5 Å². The second-order valence-corrected chi connectivity index (χ2v) is 11.2. The first-order valence-electron chi connectivity index (χ1n) is 14.7. The van der Waals surface area contributed by atoms with Crippen molar-refractivity contribution in [2.24, 2.45) is 0 Å². The lowest BCUT2D eigenvalue weighted by atomic mass is 9.99. The Balaban J connectivity index is 1.37. The van der Waals surface area contributed by atoms with Crippen molar-refractivity contribution in [1.29, 1.82) is 0 Å². The molecule has 0 aromatic heterocycles. The molecule has 2 heterocycles. The summed E-state index contributed by atoms with van der Waals surface area (Å²) in [6.45, 7) is 9.57. The summed E-state index contributed by atoms with van der Waals surface area (Å²) in [6, 6.07) is 20.4. The molecule has 1 unspecified atom stereocenters. The zero-order chi connectivity index (χ0) is 28.9. The number of fused-ring (bicyclic) bond motifs is 1. The van der Waals surface area contributed by atoms with Gasteiger partial charge in [-0.2, -0.15) is 0 Å². The summed E-state index contributed by atoms with van der Waals surface area (Å²) >= 11 is 0. The highest BCUT2D eigenvalue weighted by Crippen LogP contribution is 2.35. The third-order valence-electron chi connectivity index (χ3n) is 8.24. The second-order valence-electron chi connectivity index (χ2n) is 11.2. The first kappa shape index (κ1) is 28.7. The molecule has 0 N–H and O–H groups in total. The molecule has 0 radical (unpaired) electrons. The van der Waals surface area contributed by atoms with E-state index in [1.54, 1.807) is 4.90 Å². The highest BCUT2D eigenvalue weighted by Gasteiger charge is 2.32. The van der Waals surface area contributed by atoms with Crippen LogP contribution < -0.4 is 14.4 Å². The van der Waals surface area contributed by atoms with Crippen LogP contribution in [0.4, 0.5) is 5.69 Å². The molecule has 216 valence electrons. The lowest BCUT2D eigenvalue weighted by Gasteiger charge is -2.35. The number of likely N-dealkylation sites (tertiary alicyclic amines) is 1. The number of ether oxygens (including phenoxy) is 2. The van der Waals surface area contributed by atoms with E-state index in [0.717, 1.165) is 59.6 Å². The van der Waals surface area contributed by atoms with Crippen LogP contribution in [0.15, 0.2) is 60.7 Å². The van der Waals surface area contributed by atoms with Crippen LogP contribution in [0.25, 0.3) is 11.1 Å². The van der Waals surface area contributed by atoms with Gasteiger partial charge in [-0.25, -0.2) is 0 Å². The molecule has 5 rings (SSSR count). The van der Waals surface area contributed by atoms with Crippen molar-refractivity contribution in [3.8, 4) is 22.6 Å². The highest BCUT2D eigenvalue weighted by molar-refractivity contribution is 6.02. The van der Waals surface area contributed by atoms with E-state index in [1.165, 1.54) is 12.8 Å². The van der Waals surface area contributed by atoms with E-state index in [0.29, 0.717) is 18.0 Å². The van der Waals surface area contributed by atoms with Crippen molar-refractivity contribution in [2.45, 2.75) is 46.1 Å². The molecule has 2 aliphatic rings. The summed E-state index contributed by atoms with van der Waals surface area (Å²) in [5, 5.41) is 0. The van der Waals surface area contributed by atoms with Gasteiger partial charge in [0, 0.05) is 13.6 Å². The number of aryl methyl sites for hydroxylation is 2. The van der Waals surface area contributed by atoms with Gasteiger partial charge in [-0.05, 0) is 98.3 Å². The third-order valence-corrected chi connectivity index (χ3v) is 8.24. The van der Waals surface area contributed by atoms with E-state index in [9.17, 15) is 9.59 Å². The van der Waals surface area contributed by atoms with Crippen molar-refractivity contribution in [3.05, 3.63) is 77.4 Å². The second kappa shape index (κ2) is 12.8. The average Bonchev–Trinajstić information content (AvgIpc) is 3.50. The lowest BCUT2D eigenvalue weighted by molar-refractivity contribution is -0.133. The minimum absolute atomic E-state index is 0.0205. The zero-order valence-electron chi connectivity index (χ0n) is 24.7. The predicted octanol–water partition coefficient (Wildman–Crippen LogP) is 5.78. The molecule has 7 nitrogen and oxygen atoms in total. The number of nitrogens with zero attached hydrogens (tertiary/aromatic N) is 3. The first-order chi connectivity index (χ1) is 19.8. The van der Waals surface area contributed by atoms with E-state index in [4.69, 9.17) is 9.47 Å².